The van der Waals surface area contributed by atoms with Gasteiger partial charge in [-0.3, -0.25) is 0 Å². The molecule has 4 nitrogen and oxygen atoms in total. The summed E-state index contributed by atoms with van der Waals surface area (Å²) in [5.74, 6) is 1.07. The van der Waals surface area contributed by atoms with Gasteiger partial charge in [-0.15, -0.1) is 0 Å². The van der Waals surface area contributed by atoms with Crippen LogP contribution in [0.2, 0.25) is 0 Å². The van der Waals surface area contributed by atoms with E-state index < -0.39 is 0 Å². The van der Waals surface area contributed by atoms with Gasteiger partial charge in [0.1, 0.15) is 5.82 Å². The van der Waals surface area contributed by atoms with Gasteiger partial charge in [-0.1, -0.05) is 0 Å². The molecule has 1 aromatic rings. The first-order valence-electron chi connectivity index (χ1n) is 5.98. The predicted molar refractivity (Wildman–Crippen MR) is 63.0 cm³/mol. The van der Waals surface area contributed by atoms with Crippen molar-refractivity contribution in [2.75, 3.05) is 13.2 Å². The number of aromatic nitrogens is 2. The molecule has 0 aliphatic heterocycles. The fraction of sp³-hybridized carbons (Fsp3) is 0.750. The highest BCUT2D eigenvalue weighted by Crippen LogP contribution is 2.48. The minimum absolute atomic E-state index is 0.274. The number of nitrogens with one attached hydrogen (secondary N) is 1. The molecule has 2 N–H and O–H groups in total. The Balaban J connectivity index is 1.84. The third kappa shape index (κ3) is 2.44. The fourth-order valence-corrected chi connectivity index (χ4v) is 2.18. The quantitative estimate of drug-likeness (QED) is 0.762. The molecule has 1 unspecified atom stereocenters. The van der Waals surface area contributed by atoms with E-state index in [0.717, 1.165) is 18.8 Å². The third-order valence-electron chi connectivity index (χ3n) is 3.63. The van der Waals surface area contributed by atoms with Crippen LogP contribution < -0.4 is 5.32 Å². The zero-order chi connectivity index (χ0) is 11.6. The summed E-state index contributed by atoms with van der Waals surface area (Å²) in [5, 5.41) is 12.5. The molecule has 1 aliphatic rings. The summed E-state index contributed by atoms with van der Waals surface area (Å²) in [6, 6.07) is 0.274. The molecule has 1 aliphatic carbocycles. The lowest BCUT2D eigenvalue weighted by Crippen LogP contribution is -2.28. The second-order valence-corrected chi connectivity index (χ2v) is 4.97. The van der Waals surface area contributed by atoms with Gasteiger partial charge in [0.05, 0.1) is 6.04 Å². The highest BCUT2D eigenvalue weighted by molar-refractivity contribution is 5.00. The van der Waals surface area contributed by atoms with Crippen molar-refractivity contribution in [2.45, 2.75) is 32.2 Å². The largest absolute Gasteiger partial charge is 0.396 e. The molecule has 1 saturated carbocycles. The summed E-state index contributed by atoms with van der Waals surface area (Å²) in [6.45, 7) is 3.43. The highest BCUT2D eigenvalue weighted by atomic mass is 16.3. The van der Waals surface area contributed by atoms with Crippen LogP contribution in [0.5, 0.6) is 0 Å². The Labute approximate surface area is 96.7 Å². The SMILES string of the molecule is CC(NCC1(CCO)CC1)c1nccn1C. The summed E-state index contributed by atoms with van der Waals surface area (Å²) >= 11 is 0. The summed E-state index contributed by atoms with van der Waals surface area (Å²) in [4.78, 5) is 4.33. The normalized spacial score (nSPS) is 19.7. The van der Waals surface area contributed by atoms with Gasteiger partial charge in [-0.2, -0.15) is 0 Å². The minimum Gasteiger partial charge on any atom is -0.396 e. The van der Waals surface area contributed by atoms with Crippen LogP contribution in [0.15, 0.2) is 12.4 Å². The average molecular weight is 223 g/mol. The van der Waals surface area contributed by atoms with Crippen molar-refractivity contribution >= 4 is 0 Å². The Bertz CT molecular complexity index is 344. The molecule has 0 bridgehead atoms. The van der Waals surface area contributed by atoms with Gasteiger partial charge in [-0.25, -0.2) is 4.98 Å². The maximum Gasteiger partial charge on any atom is 0.125 e. The maximum absolute atomic E-state index is 8.99. The van der Waals surface area contributed by atoms with E-state index in [4.69, 9.17) is 5.11 Å². The number of aliphatic hydroxyl groups excluding tert-OH is 1. The number of hydrogen-bond donors (Lipinski definition) is 2. The van der Waals surface area contributed by atoms with Gasteiger partial charge < -0.3 is 15.0 Å². The van der Waals surface area contributed by atoms with Crippen molar-refractivity contribution in [2.24, 2.45) is 12.5 Å². The van der Waals surface area contributed by atoms with E-state index in [-0.39, 0.29) is 6.04 Å². The molecule has 0 spiro atoms. The molecule has 16 heavy (non-hydrogen) atoms. The van der Waals surface area contributed by atoms with Crippen LogP contribution in [0.4, 0.5) is 0 Å². The number of aryl methyl sites for hydroxylation is 1. The van der Waals surface area contributed by atoms with E-state index in [1.54, 1.807) is 0 Å². The van der Waals surface area contributed by atoms with Crippen LogP contribution in [0.25, 0.3) is 0 Å². The van der Waals surface area contributed by atoms with Crippen molar-refractivity contribution in [1.82, 2.24) is 14.9 Å². The van der Waals surface area contributed by atoms with Crippen LogP contribution in [0, 0.1) is 5.41 Å². The fourth-order valence-electron chi connectivity index (χ4n) is 2.18. The summed E-state index contributed by atoms with van der Waals surface area (Å²) < 4.78 is 2.04. The molecule has 0 saturated heterocycles. The second-order valence-electron chi connectivity index (χ2n) is 4.97. The van der Waals surface area contributed by atoms with Crippen LogP contribution >= 0.6 is 0 Å². The topological polar surface area (TPSA) is 50.1 Å². The molecule has 4 heteroatoms. The lowest BCUT2D eigenvalue weighted by molar-refractivity contribution is 0.242. The van der Waals surface area contributed by atoms with Gasteiger partial charge in [0.25, 0.3) is 0 Å². The Hall–Kier alpha value is -0.870. The Morgan fingerprint density at radius 1 is 1.62 bits per heavy atom. The Morgan fingerprint density at radius 3 is 2.88 bits per heavy atom. The first kappa shape index (κ1) is 11.6. The summed E-state index contributed by atoms with van der Waals surface area (Å²) in [5.41, 5.74) is 0.369. The molecule has 0 amide bonds. The lowest BCUT2D eigenvalue weighted by atomic mass is 10.0. The van der Waals surface area contributed by atoms with Gasteiger partial charge >= 0.3 is 0 Å². The van der Waals surface area contributed by atoms with E-state index in [9.17, 15) is 0 Å². The number of nitrogens with zero attached hydrogens (tertiary/aromatic N) is 2. The molecule has 90 valence electrons. The second kappa shape index (κ2) is 4.55. The molecule has 0 aromatic carbocycles. The van der Waals surface area contributed by atoms with E-state index >= 15 is 0 Å². The van der Waals surface area contributed by atoms with Gasteiger partial charge in [0.15, 0.2) is 0 Å². The third-order valence-corrected chi connectivity index (χ3v) is 3.63. The zero-order valence-electron chi connectivity index (χ0n) is 10.1. The van der Waals surface area contributed by atoms with E-state index in [2.05, 4.69) is 17.2 Å². The molecule has 2 rings (SSSR count). The molecule has 1 heterocycles. The Morgan fingerprint density at radius 2 is 2.38 bits per heavy atom. The zero-order valence-corrected chi connectivity index (χ0v) is 10.1. The van der Waals surface area contributed by atoms with Crippen LogP contribution in [-0.4, -0.2) is 27.8 Å². The van der Waals surface area contributed by atoms with Crippen molar-refractivity contribution in [1.29, 1.82) is 0 Å². The van der Waals surface area contributed by atoms with Crippen LogP contribution in [0.1, 0.15) is 38.1 Å². The molecule has 1 fully saturated rings. The molecular formula is C12H21N3O. The highest BCUT2D eigenvalue weighted by Gasteiger charge is 2.41. The van der Waals surface area contributed by atoms with Crippen molar-refractivity contribution in [3.8, 4) is 0 Å². The Kier molecular flexibility index (Phi) is 3.30. The molecule has 1 aromatic heterocycles. The monoisotopic (exact) mass is 223 g/mol. The van der Waals surface area contributed by atoms with E-state index in [0.29, 0.717) is 12.0 Å². The predicted octanol–water partition coefficient (Wildman–Crippen LogP) is 1.23. The number of rotatable bonds is 6. The summed E-state index contributed by atoms with van der Waals surface area (Å²) in [7, 11) is 2.02. The summed E-state index contributed by atoms with van der Waals surface area (Å²) in [6.07, 6.45) is 7.21. The van der Waals surface area contributed by atoms with Gasteiger partial charge in [0.2, 0.25) is 0 Å². The van der Waals surface area contributed by atoms with Crippen LogP contribution in [-0.2, 0) is 7.05 Å². The van der Waals surface area contributed by atoms with Gasteiger partial charge in [0, 0.05) is 32.6 Å². The minimum atomic E-state index is 0.274. The number of aliphatic hydroxyl groups is 1. The van der Waals surface area contributed by atoms with E-state index in [1.165, 1.54) is 12.8 Å². The van der Waals surface area contributed by atoms with Crippen molar-refractivity contribution < 1.29 is 5.11 Å². The van der Waals surface area contributed by atoms with Crippen molar-refractivity contribution in [3.05, 3.63) is 18.2 Å². The standard InChI is InChI=1S/C12H21N3O/c1-10(11-13-6-7-15(11)2)14-9-12(3-4-12)5-8-16/h6-7,10,14,16H,3-5,8-9H2,1-2H3. The smallest absolute Gasteiger partial charge is 0.125 e. The van der Waals surface area contributed by atoms with E-state index in [1.807, 2.05) is 24.0 Å². The van der Waals surface area contributed by atoms with Crippen LogP contribution in [0.3, 0.4) is 0 Å². The maximum atomic E-state index is 8.99. The average Bonchev–Trinajstić information content (AvgIpc) is 2.89. The molecule has 1 atom stereocenters. The first-order valence-corrected chi connectivity index (χ1v) is 5.98. The first-order chi connectivity index (χ1) is 7.67. The number of imidazole rings is 1. The van der Waals surface area contributed by atoms with Gasteiger partial charge in [-0.05, 0) is 31.6 Å². The van der Waals surface area contributed by atoms with Crippen molar-refractivity contribution in [3.63, 3.8) is 0 Å². The number of hydrogen-bond acceptors (Lipinski definition) is 3. The lowest BCUT2D eigenvalue weighted by Gasteiger charge is -2.19. The molecular weight excluding hydrogens is 202 g/mol. The molecule has 0 radical (unpaired) electrons.